The monoisotopic (exact) mass is 400 g/mol. The van der Waals surface area contributed by atoms with Crippen molar-refractivity contribution in [2.75, 3.05) is 0 Å². The lowest BCUT2D eigenvalue weighted by Gasteiger charge is -2.60. The van der Waals surface area contributed by atoms with Crippen LogP contribution in [-0.4, -0.2) is 40.6 Å². The topological polar surface area (TPSA) is 82.2 Å². The van der Waals surface area contributed by atoms with Crippen LogP contribution in [0.1, 0.15) is 71.6 Å². The van der Waals surface area contributed by atoms with Crippen LogP contribution in [0.15, 0.2) is 0 Å². The Bertz CT molecular complexity index is 898. The molecule has 29 heavy (non-hydrogen) atoms. The molecular weight excluding hydrogens is 372 g/mol. The summed E-state index contributed by atoms with van der Waals surface area (Å²) in [6.45, 7) is 4.51. The Morgan fingerprint density at radius 3 is 2.52 bits per heavy atom. The second-order valence-corrected chi connectivity index (χ2v) is 11.4. The van der Waals surface area contributed by atoms with Gasteiger partial charge >= 0.3 is 11.9 Å². The number of carbonyl (C=O) groups is 3. The third-order valence-corrected chi connectivity index (χ3v) is 10.9. The zero-order valence-electron chi connectivity index (χ0n) is 17.1. The molecule has 7 fully saturated rings. The second kappa shape index (κ2) is 4.58. The van der Waals surface area contributed by atoms with E-state index in [2.05, 4.69) is 13.8 Å². The van der Waals surface area contributed by atoms with E-state index in [1.165, 1.54) is 0 Å². The minimum atomic E-state index is -0.681. The van der Waals surface area contributed by atoms with Crippen LogP contribution >= 0.6 is 0 Å². The highest BCUT2D eigenvalue weighted by Crippen LogP contribution is 2.81. The lowest BCUT2D eigenvalue weighted by molar-refractivity contribution is -0.193. The fourth-order valence-electron chi connectivity index (χ4n) is 9.49. The summed E-state index contributed by atoms with van der Waals surface area (Å²) in [6.07, 6.45) is 6.38. The highest BCUT2D eigenvalue weighted by Gasteiger charge is 2.88. The molecule has 7 rings (SSSR count). The number of carbonyl (C=O) groups excluding carboxylic acids is 3. The first kappa shape index (κ1) is 17.3. The van der Waals surface area contributed by atoms with Gasteiger partial charge in [0.05, 0.1) is 12.0 Å². The molecule has 0 aromatic carbocycles. The molecule has 6 nitrogen and oxygen atoms in total. The minimum absolute atomic E-state index is 0.0675. The molecule has 7 aliphatic rings. The zero-order chi connectivity index (χ0) is 20.0. The van der Waals surface area contributed by atoms with E-state index < -0.39 is 11.2 Å². The summed E-state index contributed by atoms with van der Waals surface area (Å²) in [5, 5.41) is 0. The van der Waals surface area contributed by atoms with E-state index in [1.54, 1.807) is 0 Å². The maximum atomic E-state index is 13.2. The van der Waals surface area contributed by atoms with E-state index in [9.17, 15) is 14.4 Å². The van der Waals surface area contributed by atoms with E-state index in [-0.39, 0.29) is 58.0 Å². The fourth-order valence-corrected chi connectivity index (χ4v) is 9.49. The van der Waals surface area contributed by atoms with Crippen molar-refractivity contribution >= 4 is 17.7 Å². The average molecular weight is 400 g/mol. The summed E-state index contributed by atoms with van der Waals surface area (Å²) >= 11 is 0. The molecular formula is C23H28O6. The summed E-state index contributed by atoms with van der Waals surface area (Å²) in [5.74, 6) is 0.190. The molecule has 4 unspecified atom stereocenters. The first-order valence-corrected chi connectivity index (χ1v) is 11.3. The van der Waals surface area contributed by atoms with Crippen LogP contribution < -0.4 is 0 Å². The standard InChI is InChI=1S/C23H28O6/c1-19-11-15-23(27-15)17(14(19)4-7-21(19)8-5-16(25)28-21)13-10-22(29-18(13)26)9-12(24)3-6-20(22,23)2/h13-15,17H,3-11H2,1-2H3/t13-,14?,15-,17?,19?,20?,21-,22+,23-/m1/s1. The van der Waals surface area contributed by atoms with Crippen LogP contribution in [0.5, 0.6) is 0 Å². The molecule has 0 radical (unpaired) electrons. The van der Waals surface area contributed by atoms with Crippen molar-refractivity contribution in [2.45, 2.75) is 94.5 Å². The van der Waals surface area contributed by atoms with Crippen LogP contribution in [0.2, 0.25) is 0 Å². The molecule has 3 aliphatic heterocycles. The van der Waals surface area contributed by atoms with Gasteiger partial charge in [0.2, 0.25) is 0 Å². The smallest absolute Gasteiger partial charge is 0.310 e. The number of epoxide rings is 1. The second-order valence-electron chi connectivity index (χ2n) is 11.4. The number of esters is 2. The summed E-state index contributed by atoms with van der Waals surface area (Å²) < 4.78 is 18.8. The Kier molecular flexibility index (Phi) is 2.73. The molecule has 3 spiro atoms. The molecule has 6 heteroatoms. The molecule has 9 atom stereocenters. The summed E-state index contributed by atoms with van der Waals surface area (Å²) in [7, 11) is 0. The summed E-state index contributed by atoms with van der Waals surface area (Å²) in [6, 6.07) is 0. The molecule has 3 heterocycles. The largest absolute Gasteiger partial charge is 0.458 e. The van der Waals surface area contributed by atoms with Gasteiger partial charge in [0.1, 0.15) is 22.6 Å². The Labute approximate surface area is 170 Å². The predicted molar refractivity (Wildman–Crippen MR) is 98.5 cm³/mol. The average Bonchev–Trinajstić information content (AvgIpc) is 2.96. The van der Waals surface area contributed by atoms with Crippen molar-refractivity contribution in [3.05, 3.63) is 0 Å². The predicted octanol–water partition coefficient (Wildman–Crippen LogP) is 2.71. The minimum Gasteiger partial charge on any atom is -0.458 e. The highest BCUT2D eigenvalue weighted by atomic mass is 16.6. The van der Waals surface area contributed by atoms with Crippen molar-refractivity contribution in [1.29, 1.82) is 0 Å². The van der Waals surface area contributed by atoms with Crippen molar-refractivity contribution in [3.8, 4) is 0 Å². The van der Waals surface area contributed by atoms with Gasteiger partial charge in [-0.05, 0) is 38.0 Å². The number of fused-ring (bicyclic) bond motifs is 5. The van der Waals surface area contributed by atoms with Gasteiger partial charge < -0.3 is 14.2 Å². The van der Waals surface area contributed by atoms with Crippen molar-refractivity contribution in [2.24, 2.45) is 28.6 Å². The molecule has 0 N–H and O–H groups in total. The SMILES string of the molecule is CC12C[C@H]3O[C@@]34C(C1CC[C@@]21CCC(=O)O1)[C@H]1C[C@]2(CC(=O)CCC24C)OC1=O. The van der Waals surface area contributed by atoms with Crippen LogP contribution in [0.25, 0.3) is 0 Å². The third kappa shape index (κ3) is 1.55. The van der Waals surface area contributed by atoms with Crippen molar-refractivity contribution in [1.82, 2.24) is 0 Å². The van der Waals surface area contributed by atoms with Crippen LogP contribution in [0, 0.1) is 28.6 Å². The Balaban J connectivity index is 1.38. The Hall–Kier alpha value is -1.43. The molecule has 3 saturated heterocycles. The first-order chi connectivity index (χ1) is 13.7. The molecule has 0 aromatic heterocycles. The Morgan fingerprint density at radius 1 is 0.931 bits per heavy atom. The van der Waals surface area contributed by atoms with Gasteiger partial charge in [0, 0.05) is 42.4 Å². The van der Waals surface area contributed by atoms with Gasteiger partial charge in [-0.15, -0.1) is 0 Å². The van der Waals surface area contributed by atoms with Gasteiger partial charge in [0.15, 0.2) is 0 Å². The number of rotatable bonds is 0. The molecule has 0 amide bonds. The highest BCUT2D eigenvalue weighted by molar-refractivity contribution is 5.85. The molecule has 4 saturated carbocycles. The van der Waals surface area contributed by atoms with Gasteiger partial charge in [0.25, 0.3) is 0 Å². The maximum absolute atomic E-state index is 13.2. The van der Waals surface area contributed by atoms with Gasteiger partial charge in [-0.2, -0.15) is 0 Å². The normalized spacial score (nSPS) is 61.5. The van der Waals surface area contributed by atoms with E-state index in [1.807, 2.05) is 0 Å². The number of Topliss-reactive ketones (excluding diaryl/α,β-unsaturated/α-hetero) is 1. The van der Waals surface area contributed by atoms with E-state index in [0.717, 1.165) is 32.1 Å². The summed E-state index contributed by atoms with van der Waals surface area (Å²) in [4.78, 5) is 37.6. The zero-order valence-corrected chi connectivity index (χ0v) is 17.1. The van der Waals surface area contributed by atoms with E-state index in [4.69, 9.17) is 14.2 Å². The molecule has 2 bridgehead atoms. The number of ketones is 1. The van der Waals surface area contributed by atoms with E-state index >= 15 is 0 Å². The fraction of sp³-hybridized carbons (Fsp3) is 0.870. The third-order valence-electron chi connectivity index (χ3n) is 10.9. The number of ether oxygens (including phenoxy) is 3. The quantitative estimate of drug-likeness (QED) is 0.459. The van der Waals surface area contributed by atoms with Crippen molar-refractivity contribution in [3.63, 3.8) is 0 Å². The Morgan fingerprint density at radius 2 is 1.76 bits per heavy atom. The van der Waals surface area contributed by atoms with E-state index in [0.29, 0.717) is 25.7 Å². The molecule has 156 valence electrons. The maximum Gasteiger partial charge on any atom is 0.310 e. The lowest BCUT2D eigenvalue weighted by Crippen LogP contribution is -2.68. The molecule has 0 aromatic rings. The summed E-state index contributed by atoms with van der Waals surface area (Å²) in [5.41, 5.74) is -1.90. The van der Waals surface area contributed by atoms with Crippen LogP contribution in [-0.2, 0) is 28.6 Å². The van der Waals surface area contributed by atoms with Crippen LogP contribution in [0.3, 0.4) is 0 Å². The number of hydrogen-bond acceptors (Lipinski definition) is 6. The van der Waals surface area contributed by atoms with Crippen LogP contribution in [0.4, 0.5) is 0 Å². The van der Waals surface area contributed by atoms with Gasteiger partial charge in [-0.25, -0.2) is 0 Å². The molecule has 4 aliphatic carbocycles. The van der Waals surface area contributed by atoms with Gasteiger partial charge in [-0.3, -0.25) is 14.4 Å². The number of hydrogen-bond donors (Lipinski definition) is 0. The first-order valence-electron chi connectivity index (χ1n) is 11.3. The van der Waals surface area contributed by atoms with Gasteiger partial charge in [-0.1, -0.05) is 13.8 Å². The lowest BCUT2D eigenvalue weighted by atomic mass is 9.41. The van der Waals surface area contributed by atoms with Crippen molar-refractivity contribution < 1.29 is 28.6 Å².